The minimum Gasteiger partial charge on any atom is -0.395 e. The van der Waals surface area contributed by atoms with Crippen molar-refractivity contribution in [3.8, 4) is 0 Å². The molecule has 2 N–H and O–H groups in total. The Morgan fingerprint density at radius 3 is 2.38 bits per heavy atom. The van der Waals surface area contributed by atoms with E-state index in [2.05, 4.69) is 5.32 Å². The Bertz CT molecular complexity index is 679. The van der Waals surface area contributed by atoms with Crippen molar-refractivity contribution >= 4 is 23.5 Å². The molecule has 7 heteroatoms. The van der Waals surface area contributed by atoms with Crippen LogP contribution in [0.1, 0.15) is 48.4 Å². The van der Waals surface area contributed by atoms with Gasteiger partial charge in [-0.15, -0.1) is 0 Å². The number of aliphatic hydroxyl groups excluding tert-OH is 1. The molecule has 0 fully saturated rings. The van der Waals surface area contributed by atoms with Crippen LogP contribution in [0.5, 0.6) is 0 Å². The van der Waals surface area contributed by atoms with Crippen LogP contribution in [0.3, 0.4) is 0 Å². The van der Waals surface area contributed by atoms with E-state index in [1.54, 1.807) is 39.8 Å². The maximum atomic E-state index is 12.5. The van der Waals surface area contributed by atoms with E-state index in [1.807, 2.05) is 0 Å². The maximum absolute atomic E-state index is 12.5. The summed E-state index contributed by atoms with van der Waals surface area (Å²) in [5.74, 6) is -0.683. The van der Waals surface area contributed by atoms with Crippen LogP contribution in [0.15, 0.2) is 18.2 Å². The molecule has 1 aliphatic heterocycles. The lowest BCUT2D eigenvalue weighted by Gasteiger charge is -2.29. The molecule has 1 aliphatic rings. The van der Waals surface area contributed by atoms with Crippen molar-refractivity contribution in [2.24, 2.45) is 0 Å². The molecular weight excluding hydrogens is 310 g/mol. The SMILES string of the molecule is CCN(CCO)C(=O)Nc1ccc2c(c1)C(=O)N(C(C)(C)C)C2=O. The van der Waals surface area contributed by atoms with Gasteiger partial charge >= 0.3 is 6.03 Å². The predicted octanol–water partition coefficient (Wildman–Crippen LogP) is 1.93. The highest BCUT2D eigenvalue weighted by Gasteiger charge is 2.41. The minimum atomic E-state index is -0.614. The Balaban J connectivity index is 2.25. The van der Waals surface area contributed by atoms with Gasteiger partial charge < -0.3 is 15.3 Å². The van der Waals surface area contributed by atoms with E-state index >= 15 is 0 Å². The number of carbonyl (C=O) groups excluding carboxylic acids is 3. The molecule has 4 amide bonds. The third-order valence-electron chi connectivity index (χ3n) is 3.85. The van der Waals surface area contributed by atoms with Crippen molar-refractivity contribution in [1.29, 1.82) is 0 Å². The number of rotatable bonds is 4. The van der Waals surface area contributed by atoms with Crippen molar-refractivity contribution in [1.82, 2.24) is 9.80 Å². The van der Waals surface area contributed by atoms with E-state index in [-0.39, 0.29) is 36.6 Å². The molecule has 130 valence electrons. The number of hydrogen-bond acceptors (Lipinski definition) is 4. The van der Waals surface area contributed by atoms with Gasteiger partial charge in [0.05, 0.1) is 17.7 Å². The van der Waals surface area contributed by atoms with E-state index in [0.29, 0.717) is 17.8 Å². The van der Waals surface area contributed by atoms with Gasteiger partial charge in [0, 0.05) is 24.3 Å². The Morgan fingerprint density at radius 1 is 1.21 bits per heavy atom. The van der Waals surface area contributed by atoms with Crippen LogP contribution in [0.2, 0.25) is 0 Å². The molecule has 1 aromatic carbocycles. The molecule has 0 aliphatic carbocycles. The number of carbonyl (C=O) groups is 3. The standard InChI is InChI=1S/C17H23N3O4/c1-5-19(8-9-21)16(24)18-11-6-7-12-13(10-11)15(23)20(14(12)22)17(2,3)4/h6-7,10,21H,5,8-9H2,1-4H3,(H,18,24). The number of urea groups is 1. The van der Waals surface area contributed by atoms with Crippen LogP contribution in [-0.4, -0.2) is 58.0 Å². The molecule has 0 radical (unpaired) electrons. The number of fused-ring (bicyclic) bond motifs is 1. The van der Waals surface area contributed by atoms with Crippen LogP contribution in [0, 0.1) is 0 Å². The summed E-state index contributed by atoms with van der Waals surface area (Å²) >= 11 is 0. The summed E-state index contributed by atoms with van der Waals surface area (Å²) in [4.78, 5) is 39.8. The molecule has 24 heavy (non-hydrogen) atoms. The van der Waals surface area contributed by atoms with Crippen molar-refractivity contribution in [2.45, 2.75) is 33.2 Å². The highest BCUT2D eigenvalue weighted by Crippen LogP contribution is 2.30. The third kappa shape index (κ3) is 3.26. The molecule has 0 bridgehead atoms. The average molecular weight is 333 g/mol. The summed E-state index contributed by atoms with van der Waals surface area (Å²) in [6.45, 7) is 7.75. The van der Waals surface area contributed by atoms with Gasteiger partial charge in [-0.3, -0.25) is 14.5 Å². The van der Waals surface area contributed by atoms with Gasteiger partial charge in [0.1, 0.15) is 0 Å². The summed E-state index contributed by atoms with van der Waals surface area (Å²) in [7, 11) is 0. The van der Waals surface area contributed by atoms with Crippen molar-refractivity contribution in [2.75, 3.05) is 25.0 Å². The van der Waals surface area contributed by atoms with Crippen LogP contribution >= 0.6 is 0 Å². The summed E-state index contributed by atoms with van der Waals surface area (Å²) in [6, 6.07) is 4.31. The lowest BCUT2D eigenvalue weighted by molar-refractivity contribution is 0.0507. The zero-order chi connectivity index (χ0) is 18.1. The Morgan fingerprint density at radius 2 is 1.83 bits per heavy atom. The minimum absolute atomic E-state index is 0.126. The smallest absolute Gasteiger partial charge is 0.321 e. The first-order valence-electron chi connectivity index (χ1n) is 7.90. The number of hydrogen-bond donors (Lipinski definition) is 2. The molecule has 0 unspecified atom stereocenters. The van der Waals surface area contributed by atoms with E-state index in [4.69, 9.17) is 5.11 Å². The number of anilines is 1. The molecule has 0 saturated carbocycles. The lowest BCUT2D eigenvalue weighted by Crippen LogP contribution is -2.45. The zero-order valence-electron chi connectivity index (χ0n) is 14.4. The van der Waals surface area contributed by atoms with E-state index < -0.39 is 5.54 Å². The third-order valence-corrected chi connectivity index (χ3v) is 3.85. The number of nitrogens with zero attached hydrogens (tertiary/aromatic N) is 2. The number of aliphatic hydroxyl groups is 1. The van der Waals surface area contributed by atoms with E-state index in [9.17, 15) is 14.4 Å². The Labute approximate surface area is 141 Å². The zero-order valence-corrected chi connectivity index (χ0v) is 14.4. The normalized spacial score (nSPS) is 14.0. The Kier molecular flexibility index (Phi) is 4.94. The quantitative estimate of drug-likeness (QED) is 0.824. The second kappa shape index (κ2) is 6.60. The van der Waals surface area contributed by atoms with Crippen molar-refractivity contribution in [3.63, 3.8) is 0 Å². The summed E-state index contributed by atoms with van der Waals surface area (Å²) in [6.07, 6.45) is 0. The molecule has 0 atom stereocenters. The fourth-order valence-corrected chi connectivity index (χ4v) is 2.65. The van der Waals surface area contributed by atoms with Gasteiger partial charge in [-0.25, -0.2) is 4.79 Å². The predicted molar refractivity (Wildman–Crippen MR) is 90.0 cm³/mol. The number of nitrogens with one attached hydrogen (secondary N) is 1. The monoisotopic (exact) mass is 333 g/mol. The molecule has 1 heterocycles. The molecule has 2 rings (SSSR count). The number of likely N-dealkylation sites (N-methyl/N-ethyl adjacent to an activating group) is 1. The molecule has 7 nitrogen and oxygen atoms in total. The fourth-order valence-electron chi connectivity index (χ4n) is 2.65. The first kappa shape index (κ1) is 17.9. The second-order valence-corrected chi connectivity index (χ2v) is 6.61. The van der Waals surface area contributed by atoms with Crippen LogP contribution in [0.4, 0.5) is 10.5 Å². The largest absolute Gasteiger partial charge is 0.395 e. The number of benzene rings is 1. The van der Waals surface area contributed by atoms with Crippen molar-refractivity contribution in [3.05, 3.63) is 29.3 Å². The van der Waals surface area contributed by atoms with Crippen LogP contribution in [0.25, 0.3) is 0 Å². The first-order valence-corrected chi connectivity index (χ1v) is 7.90. The highest BCUT2D eigenvalue weighted by atomic mass is 16.3. The maximum Gasteiger partial charge on any atom is 0.321 e. The van der Waals surface area contributed by atoms with Crippen LogP contribution < -0.4 is 5.32 Å². The van der Waals surface area contributed by atoms with Gasteiger partial charge in [0.2, 0.25) is 0 Å². The fraction of sp³-hybridized carbons (Fsp3) is 0.471. The topological polar surface area (TPSA) is 89.9 Å². The lowest BCUT2D eigenvalue weighted by atomic mass is 10.1. The molecular formula is C17H23N3O4. The molecule has 1 aromatic rings. The molecule has 0 aromatic heterocycles. The van der Waals surface area contributed by atoms with Gasteiger partial charge in [0.15, 0.2) is 0 Å². The van der Waals surface area contributed by atoms with Crippen LogP contribution in [-0.2, 0) is 0 Å². The van der Waals surface area contributed by atoms with Gasteiger partial charge in [-0.05, 0) is 45.9 Å². The number of amides is 4. The first-order chi connectivity index (χ1) is 11.2. The molecule has 0 saturated heterocycles. The summed E-state index contributed by atoms with van der Waals surface area (Å²) in [5, 5.41) is 11.7. The highest BCUT2D eigenvalue weighted by molar-refractivity contribution is 6.22. The van der Waals surface area contributed by atoms with Gasteiger partial charge in [0.25, 0.3) is 11.8 Å². The van der Waals surface area contributed by atoms with E-state index in [0.717, 1.165) is 0 Å². The van der Waals surface area contributed by atoms with Gasteiger partial charge in [-0.2, -0.15) is 0 Å². The second-order valence-electron chi connectivity index (χ2n) is 6.61. The summed E-state index contributed by atoms with van der Waals surface area (Å²) < 4.78 is 0. The summed E-state index contributed by atoms with van der Waals surface area (Å²) in [5.41, 5.74) is 0.456. The molecule has 0 spiro atoms. The van der Waals surface area contributed by atoms with E-state index in [1.165, 1.54) is 15.9 Å². The average Bonchev–Trinajstić information content (AvgIpc) is 2.75. The number of imide groups is 1. The van der Waals surface area contributed by atoms with Gasteiger partial charge in [-0.1, -0.05) is 0 Å². The van der Waals surface area contributed by atoms with Crippen molar-refractivity contribution < 1.29 is 19.5 Å². The Hall–Kier alpha value is -2.41.